The molecule has 2 N–H and O–H groups in total. The molecule has 15 heavy (non-hydrogen) atoms. The molecule has 0 unspecified atom stereocenters. The highest BCUT2D eigenvalue weighted by Gasteiger charge is 2.03. The molecule has 0 saturated carbocycles. The Balaban J connectivity index is 2.82. The molecule has 4 nitrogen and oxygen atoms in total. The monoisotopic (exact) mass is 205 g/mol. The molecule has 0 radical (unpaired) electrons. The van der Waals surface area contributed by atoms with Gasteiger partial charge < -0.3 is 10.4 Å². The van der Waals surface area contributed by atoms with E-state index in [2.05, 4.69) is 5.32 Å². The standard InChI is InChI=1S/C11H11NO3/c1-2-4-10(13)12-9-6-3-5-8(7-9)11(14)15/h2-7H,1H3,(H,12,13)(H,14,15)/b4-2+. The molecule has 0 fully saturated rings. The molecule has 0 spiro atoms. The Morgan fingerprint density at radius 3 is 2.73 bits per heavy atom. The Hall–Kier alpha value is -2.10. The molecule has 0 aliphatic carbocycles. The fraction of sp³-hybridized carbons (Fsp3) is 0.0909. The molecule has 0 aromatic heterocycles. The first-order valence-electron chi connectivity index (χ1n) is 4.40. The van der Waals surface area contributed by atoms with Gasteiger partial charge in [0.15, 0.2) is 0 Å². The molecular weight excluding hydrogens is 194 g/mol. The smallest absolute Gasteiger partial charge is 0.335 e. The maximum atomic E-state index is 11.1. The van der Waals surface area contributed by atoms with Crippen LogP contribution in [0.5, 0.6) is 0 Å². The van der Waals surface area contributed by atoms with Gasteiger partial charge in [0.2, 0.25) is 5.91 Å². The summed E-state index contributed by atoms with van der Waals surface area (Å²) < 4.78 is 0. The number of benzene rings is 1. The fourth-order valence-electron chi connectivity index (χ4n) is 1.07. The molecule has 1 rings (SSSR count). The van der Waals surface area contributed by atoms with Crippen LogP contribution in [0.4, 0.5) is 5.69 Å². The number of nitrogens with one attached hydrogen (secondary N) is 1. The number of carboxylic acids is 1. The summed E-state index contributed by atoms with van der Waals surface area (Å²) in [5, 5.41) is 11.3. The van der Waals surface area contributed by atoms with Crippen molar-refractivity contribution in [2.24, 2.45) is 0 Å². The third-order valence-corrected chi connectivity index (χ3v) is 1.70. The zero-order chi connectivity index (χ0) is 11.3. The van der Waals surface area contributed by atoms with Gasteiger partial charge in [0.25, 0.3) is 0 Å². The lowest BCUT2D eigenvalue weighted by Gasteiger charge is -2.02. The average molecular weight is 205 g/mol. The molecule has 4 heteroatoms. The molecule has 1 amide bonds. The summed E-state index contributed by atoms with van der Waals surface area (Å²) in [7, 11) is 0. The Bertz CT molecular complexity index is 410. The summed E-state index contributed by atoms with van der Waals surface area (Å²) in [5.41, 5.74) is 0.617. The van der Waals surface area contributed by atoms with Crippen molar-refractivity contribution >= 4 is 17.6 Å². The van der Waals surface area contributed by atoms with Crippen LogP contribution in [-0.2, 0) is 4.79 Å². The van der Waals surface area contributed by atoms with Crippen LogP contribution in [0, 0.1) is 0 Å². The molecule has 78 valence electrons. The van der Waals surface area contributed by atoms with E-state index < -0.39 is 5.97 Å². The summed E-state index contributed by atoms with van der Waals surface area (Å²) >= 11 is 0. The van der Waals surface area contributed by atoms with Gasteiger partial charge in [0.05, 0.1) is 5.56 Å². The van der Waals surface area contributed by atoms with E-state index in [4.69, 9.17) is 5.11 Å². The van der Waals surface area contributed by atoms with Gasteiger partial charge in [-0.1, -0.05) is 12.1 Å². The van der Waals surface area contributed by atoms with Gasteiger partial charge in [-0.05, 0) is 31.2 Å². The number of aromatic carboxylic acids is 1. The number of amides is 1. The summed E-state index contributed by atoms with van der Waals surface area (Å²) in [6.07, 6.45) is 2.98. The molecule has 0 bridgehead atoms. The van der Waals surface area contributed by atoms with Crippen LogP contribution in [0.1, 0.15) is 17.3 Å². The Morgan fingerprint density at radius 1 is 1.40 bits per heavy atom. The van der Waals surface area contributed by atoms with Gasteiger partial charge in [0.1, 0.15) is 0 Å². The van der Waals surface area contributed by atoms with E-state index in [0.29, 0.717) is 5.69 Å². The first kappa shape index (κ1) is 11.0. The van der Waals surface area contributed by atoms with E-state index >= 15 is 0 Å². The van der Waals surface area contributed by atoms with E-state index in [1.807, 2.05) is 0 Å². The van der Waals surface area contributed by atoms with Crippen molar-refractivity contribution in [2.75, 3.05) is 5.32 Å². The van der Waals surface area contributed by atoms with Crippen molar-refractivity contribution in [3.63, 3.8) is 0 Å². The van der Waals surface area contributed by atoms with Crippen LogP contribution >= 0.6 is 0 Å². The number of hydrogen-bond donors (Lipinski definition) is 2. The van der Waals surface area contributed by atoms with Crippen molar-refractivity contribution in [2.45, 2.75) is 6.92 Å². The molecule has 0 aliphatic heterocycles. The number of anilines is 1. The minimum atomic E-state index is -1.02. The van der Waals surface area contributed by atoms with Crippen molar-refractivity contribution < 1.29 is 14.7 Å². The average Bonchev–Trinajstić information content (AvgIpc) is 2.18. The van der Waals surface area contributed by atoms with E-state index in [1.165, 1.54) is 18.2 Å². The maximum Gasteiger partial charge on any atom is 0.335 e. The van der Waals surface area contributed by atoms with E-state index in [1.54, 1.807) is 25.1 Å². The predicted octanol–water partition coefficient (Wildman–Crippen LogP) is 1.90. The minimum Gasteiger partial charge on any atom is -0.478 e. The van der Waals surface area contributed by atoms with Gasteiger partial charge in [-0.3, -0.25) is 4.79 Å². The van der Waals surface area contributed by atoms with Crippen LogP contribution in [0.3, 0.4) is 0 Å². The van der Waals surface area contributed by atoms with Gasteiger partial charge in [-0.25, -0.2) is 4.79 Å². The second kappa shape index (κ2) is 4.95. The quantitative estimate of drug-likeness (QED) is 0.740. The van der Waals surface area contributed by atoms with Crippen LogP contribution in [0.25, 0.3) is 0 Å². The van der Waals surface area contributed by atoms with Crippen LogP contribution in [-0.4, -0.2) is 17.0 Å². The summed E-state index contributed by atoms with van der Waals surface area (Å²) in [5.74, 6) is -1.29. The second-order valence-corrected chi connectivity index (χ2v) is 2.88. The predicted molar refractivity (Wildman–Crippen MR) is 56.8 cm³/mol. The highest BCUT2D eigenvalue weighted by molar-refractivity contribution is 6.00. The van der Waals surface area contributed by atoms with Crippen LogP contribution in [0.2, 0.25) is 0 Å². The number of carboxylic acid groups (broad SMARTS) is 1. The molecule has 0 saturated heterocycles. The van der Waals surface area contributed by atoms with Gasteiger partial charge >= 0.3 is 5.97 Å². The first-order chi connectivity index (χ1) is 7.13. The minimum absolute atomic E-state index is 0.147. The highest BCUT2D eigenvalue weighted by atomic mass is 16.4. The lowest BCUT2D eigenvalue weighted by Crippen LogP contribution is -2.08. The number of allylic oxidation sites excluding steroid dienone is 1. The Labute approximate surface area is 87.2 Å². The number of rotatable bonds is 3. The second-order valence-electron chi connectivity index (χ2n) is 2.88. The van der Waals surface area contributed by atoms with Crippen molar-refractivity contribution in [3.05, 3.63) is 42.0 Å². The Morgan fingerprint density at radius 2 is 2.13 bits per heavy atom. The topological polar surface area (TPSA) is 66.4 Å². The summed E-state index contributed by atoms with van der Waals surface area (Å²) in [6, 6.07) is 6.08. The molecule has 0 aliphatic rings. The van der Waals surface area contributed by atoms with Gasteiger partial charge in [-0.2, -0.15) is 0 Å². The number of hydrogen-bond acceptors (Lipinski definition) is 2. The van der Waals surface area contributed by atoms with E-state index in [9.17, 15) is 9.59 Å². The third-order valence-electron chi connectivity index (χ3n) is 1.70. The van der Waals surface area contributed by atoms with Gasteiger partial charge in [0, 0.05) is 5.69 Å². The molecule has 0 atom stereocenters. The lowest BCUT2D eigenvalue weighted by molar-refractivity contribution is -0.111. The largest absolute Gasteiger partial charge is 0.478 e. The molecule has 0 heterocycles. The summed E-state index contributed by atoms with van der Waals surface area (Å²) in [6.45, 7) is 1.73. The number of carbonyl (C=O) groups is 2. The van der Waals surface area contributed by atoms with Gasteiger partial charge in [-0.15, -0.1) is 0 Å². The van der Waals surface area contributed by atoms with Crippen molar-refractivity contribution in [1.82, 2.24) is 0 Å². The van der Waals surface area contributed by atoms with E-state index in [-0.39, 0.29) is 11.5 Å². The highest BCUT2D eigenvalue weighted by Crippen LogP contribution is 2.10. The molecule has 1 aromatic carbocycles. The molecule has 1 aromatic rings. The van der Waals surface area contributed by atoms with Crippen molar-refractivity contribution in [1.29, 1.82) is 0 Å². The maximum absolute atomic E-state index is 11.1. The Kier molecular flexibility index (Phi) is 3.62. The first-order valence-corrected chi connectivity index (χ1v) is 4.40. The lowest BCUT2D eigenvalue weighted by atomic mass is 10.2. The van der Waals surface area contributed by atoms with Crippen LogP contribution < -0.4 is 5.32 Å². The fourth-order valence-corrected chi connectivity index (χ4v) is 1.07. The van der Waals surface area contributed by atoms with Crippen molar-refractivity contribution in [3.8, 4) is 0 Å². The molecular formula is C11H11NO3. The summed E-state index contributed by atoms with van der Waals surface area (Å²) in [4.78, 5) is 21.8. The van der Waals surface area contributed by atoms with Crippen LogP contribution in [0.15, 0.2) is 36.4 Å². The number of carbonyl (C=O) groups excluding carboxylic acids is 1. The van der Waals surface area contributed by atoms with E-state index in [0.717, 1.165) is 0 Å². The zero-order valence-electron chi connectivity index (χ0n) is 8.23. The third kappa shape index (κ3) is 3.27. The SMILES string of the molecule is C/C=C/C(=O)Nc1cccc(C(=O)O)c1. The zero-order valence-corrected chi connectivity index (χ0v) is 8.23. The normalized spacial score (nSPS) is 10.2.